The average Bonchev–Trinajstić information content (AvgIpc) is 2.48. The predicted molar refractivity (Wildman–Crippen MR) is 75.8 cm³/mol. The van der Waals surface area contributed by atoms with Gasteiger partial charge in [-0.2, -0.15) is 0 Å². The normalized spacial score (nSPS) is 9.25. The summed E-state index contributed by atoms with van der Waals surface area (Å²) in [5, 5.41) is 0. The molecule has 0 N–H and O–H groups in total. The van der Waals surface area contributed by atoms with Crippen molar-refractivity contribution in [1.29, 1.82) is 0 Å². The number of rotatable bonds is 5. The second-order valence-electron chi connectivity index (χ2n) is 3.56. The Kier molecular flexibility index (Phi) is 9.04. The van der Waals surface area contributed by atoms with E-state index in [-0.39, 0.29) is 6.61 Å². The van der Waals surface area contributed by atoms with E-state index in [0.717, 1.165) is 0 Å². The maximum atomic E-state index is 11.6. The second kappa shape index (κ2) is 9.97. The van der Waals surface area contributed by atoms with Crippen molar-refractivity contribution in [2.75, 3.05) is 20.8 Å². The molecule has 0 aliphatic carbocycles. The van der Waals surface area contributed by atoms with Gasteiger partial charge in [-0.1, -0.05) is 13.8 Å². The van der Waals surface area contributed by atoms with E-state index in [4.69, 9.17) is 9.47 Å². The first-order chi connectivity index (χ1) is 9.62. The summed E-state index contributed by atoms with van der Waals surface area (Å²) in [6, 6.07) is 4.70. The largest absolute Gasteiger partial charge is 0.465 e. The molecule has 0 saturated carbocycles. The average molecular weight is 282 g/mol. The maximum absolute atomic E-state index is 11.6. The van der Waals surface area contributed by atoms with Crippen LogP contribution in [-0.4, -0.2) is 32.8 Å². The summed E-state index contributed by atoms with van der Waals surface area (Å²) in [7, 11) is 2.82. The Morgan fingerprint density at radius 3 is 2.00 bits per heavy atom. The third-order valence-corrected chi connectivity index (χ3v) is 2.24. The van der Waals surface area contributed by atoms with E-state index in [9.17, 15) is 9.59 Å². The van der Waals surface area contributed by atoms with Crippen LogP contribution in [0, 0.1) is 0 Å². The molecule has 1 aromatic carbocycles. The first-order valence-corrected chi connectivity index (χ1v) is 6.50. The van der Waals surface area contributed by atoms with Gasteiger partial charge in [-0.3, -0.25) is 0 Å². The Morgan fingerprint density at radius 2 is 1.55 bits per heavy atom. The minimum atomic E-state index is -0.501. The van der Waals surface area contributed by atoms with Crippen LogP contribution in [0.15, 0.2) is 18.2 Å². The predicted octanol–water partition coefficient (Wildman–Crippen LogP) is 2.82. The fraction of sp³-hybridized carbons (Fsp3) is 0.467. The van der Waals surface area contributed by atoms with Crippen molar-refractivity contribution >= 4 is 11.9 Å². The Balaban J connectivity index is 0.00000172. The van der Waals surface area contributed by atoms with Gasteiger partial charge in [0, 0.05) is 7.11 Å². The molecule has 0 unspecified atom stereocenters. The zero-order valence-electron chi connectivity index (χ0n) is 12.7. The molecule has 0 aliphatic heterocycles. The van der Waals surface area contributed by atoms with E-state index < -0.39 is 11.9 Å². The molecule has 0 radical (unpaired) electrons. The Labute approximate surface area is 119 Å². The molecule has 0 amide bonds. The third kappa shape index (κ3) is 5.40. The lowest BCUT2D eigenvalue weighted by atomic mass is 10.1. The van der Waals surface area contributed by atoms with Crippen LogP contribution in [0.2, 0.25) is 0 Å². The first kappa shape index (κ1) is 18.1. The van der Waals surface area contributed by atoms with Gasteiger partial charge in [0.25, 0.3) is 0 Å². The molecular weight excluding hydrogens is 260 g/mol. The van der Waals surface area contributed by atoms with Gasteiger partial charge in [-0.05, 0) is 30.7 Å². The van der Waals surface area contributed by atoms with Crippen LogP contribution in [0.5, 0.6) is 0 Å². The summed E-state index contributed by atoms with van der Waals surface area (Å²) >= 11 is 0. The number of carbonyl (C=O) groups excluding carboxylic acids is 2. The highest BCUT2D eigenvalue weighted by molar-refractivity contribution is 5.95. The van der Waals surface area contributed by atoms with Gasteiger partial charge in [-0.25, -0.2) is 9.59 Å². The molecular formula is C15H22O5. The molecule has 0 atom stereocenters. The van der Waals surface area contributed by atoms with Gasteiger partial charge in [0.1, 0.15) is 0 Å². The number of carbonyl (C=O) groups is 2. The van der Waals surface area contributed by atoms with Crippen LogP contribution in [0.3, 0.4) is 0 Å². The molecule has 20 heavy (non-hydrogen) atoms. The SMILES string of the molecule is CC.CCOC(=O)c1cc(COC)cc(C(=O)OC)c1. The smallest absolute Gasteiger partial charge is 0.338 e. The summed E-state index contributed by atoms with van der Waals surface area (Å²) in [4.78, 5) is 23.1. The first-order valence-electron chi connectivity index (χ1n) is 6.50. The minimum Gasteiger partial charge on any atom is -0.465 e. The summed E-state index contributed by atoms with van der Waals surface area (Å²) in [6.07, 6.45) is 0. The van der Waals surface area contributed by atoms with Crippen molar-refractivity contribution in [1.82, 2.24) is 0 Å². The van der Waals surface area contributed by atoms with Crippen molar-refractivity contribution in [3.05, 3.63) is 34.9 Å². The molecule has 0 saturated heterocycles. The van der Waals surface area contributed by atoms with E-state index in [2.05, 4.69) is 4.74 Å². The maximum Gasteiger partial charge on any atom is 0.338 e. The Hall–Kier alpha value is -1.88. The number of esters is 2. The summed E-state index contributed by atoms with van der Waals surface area (Å²) < 4.78 is 14.5. The molecule has 0 fully saturated rings. The van der Waals surface area contributed by atoms with Gasteiger partial charge >= 0.3 is 11.9 Å². The standard InChI is InChI=1S/C13H16O5.C2H6/c1-4-18-13(15)11-6-9(8-16-2)5-10(7-11)12(14)17-3;1-2/h5-7H,4,8H2,1-3H3;1-2H3. The number of hydrogen-bond donors (Lipinski definition) is 0. The number of methoxy groups -OCH3 is 2. The zero-order valence-corrected chi connectivity index (χ0v) is 12.7. The molecule has 1 rings (SSSR count). The molecule has 0 bridgehead atoms. The van der Waals surface area contributed by atoms with E-state index in [1.54, 1.807) is 19.1 Å². The molecule has 5 heteroatoms. The number of ether oxygens (including phenoxy) is 3. The van der Waals surface area contributed by atoms with E-state index in [1.807, 2.05) is 13.8 Å². The third-order valence-electron chi connectivity index (χ3n) is 2.24. The van der Waals surface area contributed by atoms with Gasteiger partial charge < -0.3 is 14.2 Å². The Morgan fingerprint density at radius 1 is 1.00 bits per heavy atom. The lowest BCUT2D eigenvalue weighted by molar-refractivity contribution is 0.0526. The second-order valence-corrected chi connectivity index (χ2v) is 3.56. The van der Waals surface area contributed by atoms with E-state index >= 15 is 0 Å². The molecule has 112 valence electrons. The van der Waals surface area contributed by atoms with Crippen LogP contribution in [0.4, 0.5) is 0 Å². The van der Waals surface area contributed by atoms with Crippen molar-refractivity contribution < 1.29 is 23.8 Å². The summed E-state index contributed by atoms with van der Waals surface area (Å²) in [6.45, 7) is 6.30. The van der Waals surface area contributed by atoms with Crippen molar-refractivity contribution in [3.8, 4) is 0 Å². The fourth-order valence-electron chi connectivity index (χ4n) is 1.51. The highest BCUT2D eigenvalue weighted by Crippen LogP contribution is 2.13. The van der Waals surface area contributed by atoms with Crippen molar-refractivity contribution in [2.24, 2.45) is 0 Å². The molecule has 0 aromatic heterocycles. The van der Waals surface area contributed by atoms with Crippen LogP contribution in [0.25, 0.3) is 0 Å². The van der Waals surface area contributed by atoms with E-state index in [0.29, 0.717) is 23.3 Å². The molecule has 0 heterocycles. The molecule has 1 aromatic rings. The highest BCUT2D eigenvalue weighted by atomic mass is 16.5. The van der Waals surface area contributed by atoms with Gasteiger partial charge in [-0.15, -0.1) is 0 Å². The topological polar surface area (TPSA) is 61.8 Å². The summed E-state index contributed by atoms with van der Waals surface area (Å²) in [5.41, 5.74) is 1.32. The monoisotopic (exact) mass is 282 g/mol. The highest BCUT2D eigenvalue weighted by Gasteiger charge is 2.13. The van der Waals surface area contributed by atoms with Crippen LogP contribution in [-0.2, 0) is 20.8 Å². The lowest BCUT2D eigenvalue weighted by Gasteiger charge is -2.08. The zero-order chi connectivity index (χ0) is 15.5. The van der Waals surface area contributed by atoms with Crippen molar-refractivity contribution in [3.63, 3.8) is 0 Å². The lowest BCUT2D eigenvalue weighted by Crippen LogP contribution is -2.09. The summed E-state index contributed by atoms with van der Waals surface area (Å²) in [5.74, 6) is -0.973. The minimum absolute atomic E-state index is 0.279. The van der Waals surface area contributed by atoms with Gasteiger partial charge in [0.2, 0.25) is 0 Å². The molecule has 0 spiro atoms. The molecule has 5 nitrogen and oxygen atoms in total. The Bertz CT molecular complexity index is 440. The van der Waals surface area contributed by atoms with Gasteiger partial charge in [0.05, 0.1) is 31.5 Å². The van der Waals surface area contributed by atoms with Crippen molar-refractivity contribution in [2.45, 2.75) is 27.4 Å². The molecule has 0 aliphatic rings. The van der Waals surface area contributed by atoms with Crippen LogP contribution in [0.1, 0.15) is 47.1 Å². The number of benzene rings is 1. The van der Waals surface area contributed by atoms with Gasteiger partial charge in [0.15, 0.2) is 0 Å². The van der Waals surface area contributed by atoms with Crippen LogP contribution >= 0.6 is 0 Å². The quantitative estimate of drug-likeness (QED) is 0.777. The number of hydrogen-bond acceptors (Lipinski definition) is 5. The van der Waals surface area contributed by atoms with Crippen LogP contribution < -0.4 is 0 Å². The fourth-order valence-corrected chi connectivity index (χ4v) is 1.51. The van der Waals surface area contributed by atoms with E-state index in [1.165, 1.54) is 20.3 Å².